The number of nitrogens with zero attached hydrogens (tertiary/aromatic N) is 1. The van der Waals surface area contributed by atoms with Crippen LogP contribution in [0.5, 0.6) is 0 Å². The molecule has 0 fully saturated rings. The molecule has 0 aliphatic heterocycles. The highest BCUT2D eigenvalue weighted by molar-refractivity contribution is 6.14. The number of para-hydroxylation sites is 2. The van der Waals surface area contributed by atoms with Crippen molar-refractivity contribution in [3.8, 4) is 11.3 Å². The van der Waals surface area contributed by atoms with Crippen LogP contribution in [0.2, 0.25) is 0 Å². The molecule has 0 spiro atoms. The average molecular weight is 410 g/mol. The van der Waals surface area contributed by atoms with Gasteiger partial charge in [0, 0.05) is 10.9 Å². The molecule has 0 aliphatic carbocycles. The lowest BCUT2D eigenvalue weighted by Crippen LogP contribution is -2.16. The molecule has 1 heterocycles. The molecule has 1 aromatic heterocycles. The van der Waals surface area contributed by atoms with Crippen molar-refractivity contribution in [1.29, 1.82) is 0 Å². The topological polar surface area (TPSA) is 68.3 Å². The number of ether oxygens (including phenoxy) is 1. The van der Waals surface area contributed by atoms with Crippen LogP contribution < -0.4 is 5.32 Å². The van der Waals surface area contributed by atoms with E-state index in [0.717, 1.165) is 22.9 Å². The van der Waals surface area contributed by atoms with E-state index in [1.807, 2.05) is 36.4 Å². The largest absolute Gasteiger partial charge is 0.465 e. The standard InChI is InChI=1S/C26H22N2O3/c1-3-17-12-14-18(15-13-17)24-16-21(19-8-4-6-10-22(19)27-24)25(29)28-23-11-7-5-9-20(23)26(30)31-2/h4-16H,3H2,1-2H3,(H,28,29). The summed E-state index contributed by atoms with van der Waals surface area (Å²) in [5.74, 6) is -0.825. The molecule has 4 rings (SSSR count). The Morgan fingerprint density at radius 2 is 1.61 bits per heavy atom. The minimum atomic E-state index is -0.507. The van der Waals surface area contributed by atoms with Gasteiger partial charge in [-0.15, -0.1) is 0 Å². The van der Waals surface area contributed by atoms with E-state index in [2.05, 4.69) is 24.4 Å². The summed E-state index contributed by atoms with van der Waals surface area (Å²) < 4.78 is 4.83. The number of rotatable bonds is 5. The molecule has 5 nitrogen and oxygen atoms in total. The first-order valence-corrected chi connectivity index (χ1v) is 10.1. The van der Waals surface area contributed by atoms with Crippen molar-refractivity contribution in [3.05, 3.63) is 95.6 Å². The quantitative estimate of drug-likeness (QED) is 0.441. The molecule has 0 saturated heterocycles. The third-order valence-electron chi connectivity index (χ3n) is 5.20. The number of carbonyl (C=O) groups is 2. The first-order valence-electron chi connectivity index (χ1n) is 10.1. The number of pyridine rings is 1. The number of carbonyl (C=O) groups excluding carboxylic acids is 2. The molecule has 31 heavy (non-hydrogen) atoms. The summed E-state index contributed by atoms with van der Waals surface area (Å²) >= 11 is 0. The van der Waals surface area contributed by atoms with E-state index in [1.165, 1.54) is 12.7 Å². The minimum absolute atomic E-state index is 0.298. The van der Waals surface area contributed by atoms with Crippen molar-refractivity contribution in [2.75, 3.05) is 12.4 Å². The van der Waals surface area contributed by atoms with Gasteiger partial charge in [0.1, 0.15) is 0 Å². The number of anilines is 1. The van der Waals surface area contributed by atoms with Crippen LogP contribution in [0.1, 0.15) is 33.2 Å². The lowest BCUT2D eigenvalue weighted by atomic mass is 10.0. The minimum Gasteiger partial charge on any atom is -0.465 e. The summed E-state index contributed by atoms with van der Waals surface area (Å²) in [5.41, 5.74) is 4.80. The highest BCUT2D eigenvalue weighted by Gasteiger charge is 2.17. The molecule has 1 amide bonds. The number of nitrogens with one attached hydrogen (secondary N) is 1. The summed E-state index contributed by atoms with van der Waals surface area (Å²) in [6.07, 6.45) is 0.957. The van der Waals surface area contributed by atoms with Crippen LogP contribution in [0.3, 0.4) is 0 Å². The van der Waals surface area contributed by atoms with Crippen LogP contribution in [0.25, 0.3) is 22.2 Å². The van der Waals surface area contributed by atoms with Crippen molar-refractivity contribution in [1.82, 2.24) is 4.98 Å². The third-order valence-corrected chi connectivity index (χ3v) is 5.20. The van der Waals surface area contributed by atoms with Crippen LogP contribution in [0.4, 0.5) is 5.69 Å². The summed E-state index contributed by atoms with van der Waals surface area (Å²) in [6, 6.07) is 24.3. The molecule has 3 aromatic carbocycles. The van der Waals surface area contributed by atoms with Crippen molar-refractivity contribution in [3.63, 3.8) is 0 Å². The van der Waals surface area contributed by atoms with Gasteiger partial charge in [0.05, 0.1) is 35.1 Å². The fraction of sp³-hybridized carbons (Fsp3) is 0.115. The SMILES string of the molecule is CCc1ccc(-c2cc(C(=O)Nc3ccccc3C(=O)OC)c3ccccc3n2)cc1. The number of aryl methyl sites for hydroxylation is 1. The van der Waals surface area contributed by atoms with Gasteiger partial charge < -0.3 is 10.1 Å². The summed E-state index contributed by atoms with van der Waals surface area (Å²) in [5, 5.41) is 3.60. The van der Waals surface area contributed by atoms with Gasteiger partial charge in [-0.1, -0.05) is 61.5 Å². The number of hydrogen-bond acceptors (Lipinski definition) is 4. The number of hydrogen-bond donors (Lipinski definition) is 1. The lowest BCUT2D eigenvalue weighted by Gasteiger charge is -2.13. The molecule has 1 N–H and O–H groups in total. The molecule has 0 saturated carbocycles. The van der Waals surface area contributed by atoms with Gasteiger partial charge in [0.15, 0.2) is 0 Å². The zero-order chi connectivity index (χ0) is 21.8. The molecule has 0 unspecified atom stereocenters. The maximum absolute atomic E-state index is 13.3. The van der Waals surface area contributed by atoms with Gasteiger partial charge >= 0.3 is 5.97 Å². The Bertz CT molecular complexity index is 1260. The van der Waals surface area contributed by atoms with Crippen LogP contribution in [0.15, 0.2) is 78.9 Å². The number of amides is 1. The zero-order valence-corrected chi connectivity index (χ0v) is 17.4. The molecule has 5 heteroatoms. The molecule has 0 aliphatic rings. The van der Waals surface area contributed by atoms with E-state index in [1.54, 1.807) is 30.3 Å². The second-order valence-corrected chi connectivity index (χ2v) is 7.11. The number of fused-ring (bicyclic) bond motifs is 1. The van der Waals surface area contributed by atoms with Gasteiger partial charge in [0.2, 0.25) is 0 Å². The van der Waals surface area contributed by atoms with Crippen LogP contribution in [-0.4, -0.2) is 24.0 Å². The van der Waals surface area contributed by atoms with E-state index in [9.17, 15) is 9.59 Å². The molecule has 4 aromatic rings. The number of methoxy groups -OCH3 is 1. The maximum atomic E-state index is 13.3. The Kier molecular flexibility index (Phi) is 5.76. The van der Waals surface area contributed by atoms with E-state index in [4.69, 9.17) is 9.72 Å². The summed E-state index contributed by atoms with van der Waals surface area (Å²) in [6.45, 7) is 2.11. The highest BCUT2D eigenvalue weighted by Crippen LogP contribution is 2.26. The fourth-order valence-electron chi connectivity index (χ4n) is 3.49. The molecular weight excluding hydrogens is 388 g/mol. The monoisotopic (exact) mass is 410 g/mol. The van der Waals surface area contributed by atoms with Gasteiger partial charge in [-0.05, 0) is 36.2 Å². The molecule has 0 atom stereocenters. The van der Waals surface area contributed by atoms with E-state index < -0.39 is 5.97 Å². The zero-order valence-electron chi connectivity index (χ0n) is 17.4. The van der Waals surface area contributed by atoms with E-state index >= 15 is 0 Å². The highest BCUT2D eigenvalue weighted by atomic mass is 16.5. The second-order valence-electron chi connectivity index (χ2n) is 7.11. The van der Waals surface area contributed by atoms with Crippen molar-refractivity contribution in [2.24, 2.45) is 0 Å². The molecular formula is C26H22N2O3. The Morgan fingerprint density at radius 1 is 0.903 bits per heavy atom. The van der Waals surface area contributed by atoms with Crippen molar-refractivity contribution >= 4 is 28.5 Å². The molecule has 0 radical (unpaired) electrons. The van der Waals surface area contributed by atoms with Crippen molar-refractivity contribution in [2.45, 2.75) is 13.3 Å². The number of aromatic nitrogens is 1. The molecule has 0 bridgehead atoms. The predicted octanol–water partition coefficient (Wildman–Crippen LogP) is 5.50. The van der Waals surface area contributed by atoms with Gasteiger partial charge in [-0.3, -0.25) is 4.79 Å². The third kappa shape index (κ3) is 4.16. The van der Waals surface area contributed by atoms with Gasteiger partial charge in [-0.2, -0.15) is 0 Å². The van der Waals surface area contributed by atoms with Gasteiger partial charge in [-0.25, -0.2) is 9.78 Å². The summed E-state index contributed by atoms with van der Waals surface area (Å²) in [4.78, 5) is 30.1. The van der Waals surface area contributed by atoms with E-state index in [0.29, 0.717) is 22.5 Å². The lowest BCUT2D eigenvalue weighted by molar-refractivity contribution is 0.0602. The van der Waals surface area contributed by atoms with E-state index in [-0.39, 0.29) is 5.91 Å². The fourth-order valence-corrected chi connectivity index (χ4v) is 3.49. The Morgan fingerprint density at radius 3 is 2.35 bits per heavy atom. The van der Waals surface area contributed by atoms with Gasteiger partial charge in [0.25, 0.3) is 5.91 Å². The van der Waals surface area contributed by atoms with Crippen LogP contribution >= 0.6 is 0 Å². The first kappa shape index (κ1) is 20.3. The normalized spacial score (nSPS) is 10.6. The number of esters is 1. The average Bonchev–Trinajstić information content (AvgIpc) is 2.83. The van der Waals surface area contributed by atoms with Crippen LogP contribution in [0, 0.1) is 0 Å². The Hall–Kier alpha value is -3.99. The van der Waals surface area contributed by atoms with Crippen molar-refractivity contribution < 1.29 is 14.3 Å². The van der Waals surface area contributed by atoms with Crippen LogP contribution in [-0.2, 0) is 11.2 Å². The second kappa shape index (κ2) is 8.79. The Labute approximate surface area is 180 Å². The predicted molar refractivity (Wildman–Crippen MR) is 122 cm³/mol. The first-order chi connectivity index (χ1) is 15.1. The number of benzene rings is 3. The smallest absolute Gasteiger partial charge is 0.339 e. The molecule has 154 valence electrons. The summed E-state index contributed by atoms with van der Waals surface area (Å²) in [7, 11) is 1.31. The maximum Gasteiger partial charge on any atom is 0.339 e. The Balaban J connectivity index is 1.78.